The van der Waals surface area contributed by atoms with Gasteiger partial charge in [0.1, 0.15) is 0 Å². The molecule has 0 aromatic carbocycles. The van der Waals surface area contributed by atoms with Gasteiger partial charge in [-0.05, 0) is 32.4 Å². The zero-order valence-corrected chi connectivity index (χ0v) is 12.5. The first-order chi connectivity index (χ1) is 9.06. The molecule has 0 aliphatic rings. The Balaban J connectivity index is 2.41. The minimum atomic E-state index is 0.385. The van der Waals surface area contributed by atoms with Crippen LogP contribution >= 0.6 is 11.6 Å². The number of rotatable bonds is 4. The SMILES string of the molecule is CCc1nc(C)ccc1Oc1c(CCl)c(C)nn1C. The molecule has 2 aromatic heterocycles. The van der Waals surface area contributed by atoms with Crippen molar-refractivity contribution in [3.63, 3.8) is 0 Å². The number of pyridine rings is 1. The van der Waals surface area contributed by atoms with E-state index in [-0.39, 0.29) is 0 Å². The van der Waals surface area contributed by atoms with E-state index in [9.17, 15) is 0 Å². The van der Waals surface area contributed by atoms with Gasteiger partial charge in [-0.2, -0.15) is 5.10 Å². The van der Waals surface area contributed by atoms with Crippen LogP contribution in [0.25, 0.3) is 0 Å². The third kappa shape index (κ3) is 2.73. The van der Waals surface area contributed by atoms with Gasteiger partial charge in [-0.1, -0.05) is 6.92 Å². The first-order valence-corrected chi connectivity index (χ1v) is 6.83. The van der Waals surface area contributed by atoms with E-state index in [0.717, 1.165) is 34.8 Å². The highest BCUT2D eigenvalue weighted by atomic mass is 35.5. The quantitative estimate of drug-likeness (QED) is 0.804. The third-order valence-corrected chi connectivity index (χ3v) is 3.30. The molecular weight excluding hydrogens is 262 g/mol. The van der Waals surface area contributed by atoms with Crippen molar-refractivity contribution in [3.8, 4) is 11.6 Å². The van der Waals surface area contributed by atoms with Gasteiger partial charge in [-0.25, -0.2) is 4.68 Å². The lowest BCUT2D eigenvalue weighted by Crippen LogP contribution is -2.00. The first-order valence-electron chi connectivity index (χ1n) is 6.29. The Hall–Kier alpha value is -1.55. The van der Waals surface area contributed by atoms with Gasteiger partial charge in [-0.15, -0.1) is 11.6 Å². The monoisotopic (exact) mass is 279 g/mol. The van der Waals surface area contributed by atoms with Crippen molar-refractivity contribution in [2.75, 3.05) is 0 Å². The van der Waals surface area contributed by atoms with Crippen LogP contribution in [0.15, 0.2) is 12.1 Å². The van der Waals surface area contributed by atoms with Gasteiger partial charge in [0.25, 0.3) is 0 Å². The zero-order chi connectivity index (χ0) is 14.0. The summed E-state index contributed by atoms with van der Waals surface area (Å²) in [6.45, 7) is 5.96. The Labute approximate surface area is 118 Å². The molecule has 0 fully saturated rings. The Kier molecular flexibility index (Phi) is 4.10. The van der Waals surface area contributed by atoms with Crippen molar-refractivity contribution in [2.45, 2.75) is 33.1 Å². The number of hydrogen-bond acceptors (Lipinski definition) is 3. The van der Waals surface area contributed by atoms with Crippen molar-refractivity contribution in [1.82, 2.24) is 14.8 Å². The van der Waals surface area contributed by atoms with Crippen LogP contribution in [0.5, 0.6) is 11.6 Å². The summed E-state index contributed by atoms with van der Waals surface area (Å²) >= 11 is 5.97. The standard InChI is InChI=1S/C14H18ClN3O/c1-5-12-13(7-6-9(2)16-12)19-14-11(8-15)10(3)17-18(14)4/h6-7H,5,8H2,1-4H3. The molecule has 2 heterocycles. The van der Waals surface area contributed by atoms with Gasteiger partial charge < -0.3 is 4.74 Å². The summed E-state index contributed by atoms with van der Waals surface area (Å²) in [4.78, 5) is 4.49. The molecule has 0 saturated carbocycles. The Morgan fingerprint density at radius 3 is 2.68 bits per heavy atom. The van der Waals surface area contributed by atoms with E-state index in [1.807, 2.05) is 33.0 Å². The summed E-state index contributed by atoms with van der Waals surface area (Å²) in [5.41, 5.74) is 3.75. The van der Waals surface area contributed by atoms with Gasteiger partial charge >= 0.3 is 0 Å². The molecule has 5 heteroatoms. The van der Waals surface area contributed by atoms with Crippen LogP contribution in [0.3, 0.4) is 0 Å². The molecule has 0 N–H and O–H groups in total. The number of halogens is 1. The third-order valence-electron chi connectivity index (χ3n) is 3.04. The molecule has 0 amide bonds. The highest BCUT2D eigenvalue weighted by molar-refractivity contribution is 6.17. The lowest BCUT2D eigenvalue weighted by atomic mass is 10.2. The van der Waals surface area contributed by atoms with E-state index in [0.29, 0.717) is 11.8 Å². The lowest BCUT2D eigenvalue weighted by molar-refractivity contribution is 0.420. The Morgan fingerprint density at radius 2 is 2.05 bits per heavy atom. The Morgan fingerprint density at radius 1 is 1.32 bits per heavy atom. The highest BCUT2D eigenvalue weighted by Crippen LogP contribution is 2.30. The van der Waals surface area contributed by atoms with Gasteiger partial charge in [0.2, 0.25) is 5.88 Å². The predicted octanol–water partition coefficient (Wildman–Crippen LogP) is 3.53. The van der Waals surface area contributed by atoms with E-state index >= 15 is 0 Å². The number of nitrogens with zero attached hydrogens (tertiary/aromatic N) is 3. The van der Waals surface area contributed by atoms with Crippen LogP contribution in [-0.2, 0) is 19.3 Å². The summed E-state index contributed by atoms with van der Waals surface area (Å²) in [5.74, 6) is 1.84. The largest absolute Gasteiger partial charge is 0.437 e. The molecule has 102 valence electrons. The van der Waals surface area contributed by atoms with E-state index < -0.39 is 0 Å². The van der Waals surface area contributed by atoms with E-state index in [2.05, 4.69) is 17.0 Å². The molecule has 19 heavy (non-hydrogen) atoms. The topological polar surface area (TPSA) is 39.9 Å². The molecule has 0 spiro atoms. The fraction of sp³-hybridized carbons (Fsp3) is 0.429. The van der Waals surface area contributed by atoms with Gasteiger partial charge in [0.05, 0.1) is 22.8 Å². The van der Waals surface area contributed by atoms with Crippen LogP contribution in [0.2, 0.25) is 0 Å². The van der Waals surface area contributed by atoms with Crippen molar-refractivity contribution in [2.24, 2.45) is 7.05 Å². The second kappa shape index (κ2) is 5.61. The Bertz CT molecular complexity index is 593. The normalized spacial score (nSPS) is 10.8. The van der Waals surface area contributed by atoms with Crippen LogP contribution < -0.4 is 4.74 Å². The molecule has 0 unspecified atom stereocenters. The molecule has 2 rings (SSSR count). The predicted molar refractivity (Wildman–Crippen MR) is 75.9 cm³/mol. The first kappa shape index (κ1) is 13.9. The average molecular weight is 280 g/mol. The van der Waals surface area contributed by atoms with E-state index in [1.54, 1.807) is 4.68 Å². The van der Waals surface area contributed by atoms with Crippen LogP contribution in [-0.4, -0.2) is 14.8 Å². The molecule has 0 aliphatic heterocycles. The summed E-state index contributed by atoms with van der Waals surface area (Å²) in [5, 5.41) is 4.34. The molecule has 0 aliphatic carbocycles. The summed E-state index contributed by atoms with van der Waals surface area (Å²) in [6.07, 6.45) is 0.823. The second-order valence-corrected chi connectivity index (χ2v) is 4.75. The van der Waals surface area contributed by atoms with Gasteiger partial charge in [0, 0.05) is 12.7 Å². The maximum absolute atomic E-state index is 5.98. The minimum absolute atomic E-state index is 0.385. The van der Waals surface area contributed by atoms with Crippen LogP contribution in [0, 0.1) is 13.8 Å². The molecule has 4 nitrogen and oxygen atoms in total. The summed E-state index contributed by atoms with van der Waals surface area (Å²) in [6, 6.07) is 3.89. The lowest BCUT2D eigenvalue weighted by Gasteiger charge is -2.11. The second-order valence-electron chi connectivity index (χ2n) is 4.48. The fourth-order valence-corrected chi connectivity index (χ4v) is 2.32. The van der Waals surface area contributed by atoms with Crippen molar-refractivity contribution in [3.05, 3.63) is 34.8 Å². The summed E-state index contributed by atoms with van der Waals surface area (Å²) < 4.78 is 7.70. The molecule has 0 saturated heterocycles. The van der Waals surface area contributed by atoms with Gasteiger partial charge in [-0.3, -0.25) is 4.98 Å². The summed E-state index contributed by atoms with van der Waals surface area (Å²) in [7, 11) is 1.85. The average Bonchev–Trinajstić information content (AvgIpc) is 2.65. The molecular formula is C14H18ClN3O. The number of alkyl halides is 1. The number of ether oxygens (including phenoxy) is 1. The highest BCUT2D eigenvalue weighted by Gasteiger charge is 2.16. The number of aryl methyl sites for hydroxylation is 4. The van der Waals surface area contributed by atoms with Gasteiger partial charge in [0.15, 0.2) is 5.75 Å². The van der Waals surface area contributed by atoms with Crippen molar-refractivity contribution in [1.29, 1.82) is 0 Å². The maximum atomic E-state index is 5.98. The van der Waals surface area contributed by atoms with Crippen LogP contribution in [0.4, 0.5) is 0 Å². The van der Waals surface area contributed by atoms with E-state index in [1.165, 1.54) is 0 Å². The smallest absolute Gasteiger partial charge is 0.222 e. The minimum Gasteiger partial charge on any atom is -0.437 e. The van der Waals surface area contributed by atoms with Crippen molar-refractivity contribution < 1.29 is 4.74 Å². The number of hydrogen-bond donors (Lipinski definition) is 0. The fourth-order valence-electron chi connectivity index (χ4n) is 2.01. The van der Waals surface area contributed by atoms with Crippen LogP contribution in [0.1, 0.15) is 29.6 Å². The number of aromatic nitrogens is 3. The molecule has 0 bridgehead atoms. The molecule has 0 atom stereocenters. The maximum Gasteiger partial charge on any atom is 0.222 e. The molecule has 2 aromatic rings. The van der Waals surface area contributed by atoms with Crippen molar-refractivity contribution >= 4 is 11.6 Å². The van der Waals surface area contributed by atoms with E-state index in [4.69, 9.17) is 16.3 Å². The zero-order valence-electron chi connectivity index (χ0n) is 11.7. The molecule has 0 radical (unpaired) electrons.